The number of hydrogen-bond acceptors (Lipinski definition) is 2. The highest BCUT2D eigenvalue weighted by atomic mass is 32.2. The van der Waals surface area contributed by atoms with Crippen molar-refractivity contribution in [1.82, 2.24) is 5.32 Å². The molecule has 0 spiro atoms. The molecule has 0 aliphatic carbocycles. The van der Waals surface area contributed by atoms with Gasteiger partial charge in [-0.3, -0.25) is 0 Å². The summed E-state index contributed by atoms with van der Waals surface area (Å²) in [7, 11) is 0. The quantitative estimate of drug-likeness (QED) is 0.597. The number of thioether (sulfide) groups is 1. The first kappa shape index (κ1) is 13.3. The fraction of sp³-hybridized carbons (Fsp3) is 0.429. The normalized spacial score (nSPS) is 10.8. The number of hydrogen-bond donors (Lipinski definition) is 1. The largest absolute Gasteiger partial charge is 0.311 e. The average molecular weight is 235 g/mol. The molecule has 0 heterocycles. The van der Waals surface area contributed by atoms with Crippen molar-refractivity contribution in [2.75, 3.05) is 12.3 Å². The van der Waals surface area contributed by atoms with Crippen molar-refractivity contribution in [1.29, 1.82) is 0 Å². The molecule has 0 saturated carbocycles. The van der Waals surface area contributed by atoms with Crippen LogP contribution in [-0.2, 0) is 0 Å². The zero-order chi connectivity index (χ0) is 12.0. The van der Waals surface area contributed by atoms with Gasteiger partial charge >= 0.3 is 0 Å². The predicted molar refractivity (Wildman–Crippen MR) is 74.2 cm³/mol. The van der Waals surface area contributed by atoms with Gasteiger partial charge in [0.1, 0.15) is 0 Å². The Kier molecular flexibility index (Phi) is 5.64. The molecule has 0 unspecified atom stereocenters. The molecule has 2 heteroatoms. The Morgan fingerprint density at radius 2 is 2.19 bits per heavy atom. The van der Waals surface area contributed by atoms with Crippen LogP contribution in [0.4, 0.5) is 0 Å². The molecule has 0 bridgehead atoms. The summed E-state index contributed by atoms with van der Waals surface area (Å²) in [6.45, 7) is 11.4. The molecule has 0 amide bonds. The minimum Gasteiger partial charge on any atom is -0.311 e. The van der Waals surface area contributed by atoms with Crippen molar-refractivity contribution in [2.24, 2.45) is 0 Å². The van der Waals surface area contributed by atoms with Crippen molar-refractivity contribution in [3.63, 3.8) is 0 Å². The topological polar surface area (TPSA) is 12.0 Å². The van der Waals surface area contributed by atoms with Gasteiger partial charge in [-0.15, -0.1) is 11.8 Å². The second kappa shape index (κ2) is 6.77. The zero-order valence-electron chi connectivity index (χ0n) is 10.4. The molecule has 1 nitrogen and oxygen atoms in total. The van der Waals surface area contributed by atoms with Crippen molar-refractivity contribution in [3.05, 3.63) is 42.0 Å². The smallest absolute Gasteiger partial charge is 0.0200 e. The van der Waals surface area contributed by atoms with E-state index in [-0.39, 0.29) is 0 Å². The number of benzene rings is 1. The van der Waals surface area contributed by atoms with Crippen LogP contribution in [0.2, 0.25) is 0 Å². The Hall–Kier alpha value is -0.730. The molecule has 16 heavy (non-hydrogen) atoms. The van der Waals surface area contributed by atoms with Crippen LogP contribution in [-0.4, -0.2) is 18.3 Å². The second-order valence-corrected chi connectivity index (χ2v) is 5.44. The van der Waals surface area contributed by atoms with Gasteiger partial charge in [0.15, 0.2) is 0 Å². The van der Waals surface area contributed by atoms with Gasteiger partial charge in [-0.2, -0.15) is 0 Å². The van der Waals surface area contributed by atoms with Gasteiger partial charge in [0.25, 0.3) is 0 Å². The van der Waals surface area contributed by atoms with Gasteiger partial charge in [0, 0.05) is 23.2 Å². The molecule has 1 N–H and O–H groups in total. The van der Waals surface area contributed by atoms with Crippen molar-refractivity contribution in [3.8, 4) is 0 Å². The molecular weight excluding hydrogens is 214 g/mol. The Morgan fingerprint density at radius 1 is 1.44 bits per heavy atom. The van der Waals surface area contributed by atoms with Crippen LogP contribution in [0, 0.1) is 6.92 Å². The third kappa shape index (κ3) is 5.38. The molecule has 0 atom stereocenters. The molecule has 1 aromatic rings. The van der Waals surface area contributed by atoms with Gasteiger partial charge in [0.05, 0.1) is 0 Å². The van der Waals surface area contributed by atoms with Crippen LogP contribution in [0.15, 0.2) is 41.3 Å². The summed E-state index contributed by atoms with van der Waals surface area (Å²) in [5.41, 5.74) is 2.57. The van der Waals surface area contributed by atoms with Crippen LogP contribution in [0.1, 0.15) is 19.4 Å². The SMILES string of the molecule is C=C(CNC(C)C)CSc1cccc(C)c1. The summed E-state index contributed by atoms with van der Waals surface area (Å²) in [6.07, 6.45) is 0. The van der Waals surface area contributed by atoms with Gasteiger partial charge < -0.3 is 5.32 Å². The lowest BCUT2D eigenvalue weighted by Gasteiger charge is -2.10. The van der Waals surface area contributed by atoms with Crippen molar-refractivity contribution < 1.29 is 0 Å². The number of rotatable bonds is 6. The zero-order valence-corrected chi connectivity index (χ0v) is 11.2. The molecule has 0 aromatic heterocycles. The highest BCUT2D eigenvalue weighted by Gasteiger charge is 1.99. The van der Waals surface area contributed by atoms with E-state index in [4.69, 9.17) is 0 Å². The summed E-state index contributed by atoms with van der Waals surface area (Å²) in [4.78, 5) is 1.32. The van der Waals surface area contributed by atoms with Gasteiger partial charge in [0.2, 0.25) is 0 Å². The highest BCUT2D eigenvalue weighted by Crippen LogP contribution is 2.20. The lowest BCUT2D eigenvalue weighted by molar-refractivity contribution is 0.623. The van der Waals surface area contributed by atoms with E-state index in [0.717, 1.165) is 12.3 Å². The Labute approximate surface area is 103 Å². The van der Waals surface area contributed by atoms with E-state index in [1.54, 1.807) is 0 Å². The lowest BCUT2D eigenvalue weighted by atomic mass is 10.2. The fourth-order valence-corrected chi connectivity index (χ4v) is 2.21. The third-order valence-electron chi connectivity index (χ3n) is 2.19. The van der Waals surface area contributed by atoms with Crippen LogP contribution in [0.5, 0.6) is 0 Å². The lowest BCUT2D eigenvalue weighted by Crippen LogP contribution is -2.25. The Bertz CT molecular complexity index is 344. The maximum atomic E-state index is 4.08. The van der Waals surface area contributed by atoms with Gasteiger partial charge in [-0.1, -0.05) is 43.7 Å². The van der Waals surface area contributed by atoms with Crippen molar-refractivity contribution >= 4 is 11.8 Å². The minimum atomic E-state index is 0.528. The molecule has 0 saturated heterocycles. The minimum absolute atomic E-state index is 0.528. The van der Waals surface area contributed by atoms with E-state index < -0.39 is 0 Å². The van der Waals surface area contributed by atoms with Gasteiger partial charge in [-0.25, -0.2) is 0 Å². The highest BCUT2D eigenvalue weighted by molar-refractivity contribution is 7.99. The maximum absolute atomic E-state index is 4.08. The van der Waals surface area contributed by atoms with E-state index in [2.05, 4.69) is 56.9 Å². The summed E-state index contributed by atoms with van der Waals surface area (Å²) < 4.78 is 0. The van der Waals surface area contributed by atoms with Crippen LogP contribution in [0.3, 0.4) is 0 Å². The van der Waals surface area contributed by atoms with E-state index in [1.165, 1.54) is 16.0 Å². The second-order valence-electron chi connectivity index (χ2n) is 4.39. The first-order valence-electron chi connectivity index (χ1n) is 5.67. The standard InChI is InChI=1S/C14H21NS/c1-11(2)15-9-13(4)10-16-14-7-5-6-12(3)8-14/h5-8,11,15H,4,9-10H2,1-3H3. The van der Waals surface area contributed by atoms with Crippen LogP contribution >= 0.6 is 11.8 Å². The molecule has 88 valence electrons. The fourth-order valence-electron chi connectivity index (χ4n) is 1.29. The van der Waals surface area contributed by atoms with E-state index >= 15 is 0 Å². The van der Waals surface area contributed by atoms with E-state index in [9.17, 15) is 0 Å². The molecule has 0 aliphatic rings. The monoisotopic (exact) mass is 235 g/mol. The predicted octanol–water partition coefficient (Wildman–Crippen LogP) is 3.64. The number of aryl methyl sites for hydroxylation is 1. The Balaban J connectivity index is 2.31. The van der Waals surface area contributed by atoms with Crippen LogP contribution < -0.4 is 5.32 Å². The third-order valence-corrected chi connectivity index (χ3v) is 3.33. The first-order chi connectivity index (χ1) is 7.58. The molecule has 0 fully saturated rings. The molecule has 0 aliphatic heterocycles. The summed E-state index contributed by atoms with van der Waals surface area (Å²) in [5.74, 6) is 0.989. The number of nitrogens with one attached hydrogen (secondary N) is 1. The van der Waals surface area contributed by atoms with Crippen molar-refractivity contribution in [2.45, 2.75) is 31.7 Å². The van der Waals surface area contributed by atoms with E-state index in [0.29, 0.717) is 6.04 Å². The first-order valence-corrected chi connectivity index (χ1v) is 6.66. The molecule has 1 rings (SSSR count). The maximum Gasteiger partial charge on any atom is 0.0200 e. The summed E-state index contributed by atoms with van der Waals surface area (Å²) >= 11 is 1.85. The summed E-state index contributed by atoms with van der Waals surface area (Å²) in [5, 5.41) is 3.38. The van der Waals surface area contributed by atoms with E-state index in [1.807, 2.05) is 11.8 Å². The average Bonchev–Trinajstić information content (AvgIpc) is 2.23. The Morgan fingerprint density at radius 3 is 2.81 bits per heavy atom. The molecule has 1 aromatic carbocycles. The van der Waals surface area contributed by atoms with Crippen LogP contribution in [0.25, 0.3) is 0 Å². The summed E-state index contributed by atoms with van der Waals surface area (Å²) in [6, 6.07) is 9.13. The molecular formula is C14H21NS. The molecule has 0 radical (unpaired) electrons. The van der Waals surface area contributed by atoms with Gasteiger partial charge in [-0.05, 0) is 19.1 Å².